The Morgan fingerprint density at radius 2 is 2.26 bits per heavy atom. The second-order valence-electron chi connectivity index (χ2n) is 3.89. The first-order valence-corrected chi connectivity index (χ1v) is 7.27. The van der Waals surface area contributed by atoms with Crippen LogP contribution in [-0.2, 0) is 17.3 Å². The molecule has 2 aromatic rings. The van der Waals surface area contributed by atoms with Gasteiger partial charge in [-0.2, -0.15) is 0 Å². The van der Waals surface area contributed by atoms with Gasteiger partial charge in [-0.1, -0.05) is 6.92 Å². The Labute approximate surface area is 112 Å². The minimum Gasteiger partial charge on any atom is -0.396 e. The van der Waals surface area contributed by atoms with Crippen molar-refractivity contribution in [3.05, 3.63) is 24.0 Å². The molecule has 19 heavy (non-hydrogen) atoms. The lowest BCUT2D eigenvalue weighted by molar-refractivity contribution is 0.623. The first-order chi connectivity index (χ1) is 9.11. The Bertz CT molecular complexity index is 601. The number of anilines is 1. The number of hydrogen-bond acceptors (Lipinski definition) is 5. The lowest BCUT2D eigenvalue weighted by Gasteiger charge is -2.05. The van der Waals surface area contributed by atoms with Crippen molar-refractivity contribution < 1.29 is 8.60 Å². The van der Waals surface area contributed by atoms with Gasteiger partial charge in [0.05, 0.1) is 12.2 Å². The fourth-order valence-corrected chi connectivity index (χ4v) is 2.24. The lowest BCUT2D eigenvalue weighted by Crippen LogP contribution is -2.11. The van der Waals surface area contributed by atoms with E-state index < -0.39 is 16.6 Å². The molecule has 1 unspecified atom stereocenters. The molecule has 0 bridgehead atoms. The van der Waals surface area contributed by atoms with Crippen molar-refractivity contribution in [1.29, 1.82) is 0 Å². The van der Waals surface area contributed by atoms with E-state index in [0.717, 1.165) is 0 Å². The molecule has 0 fully saturated rings. The zero-order valence-electron chi connectivity index (χ0n) is 10.4. The minimum absolute atomic E-state index is 0.0455. The van der Waals surface area contributed by atoms with Gasteiger partial charge in [0.15, 0.2) is 5.82 Å². The van der Waals surface area contributed by atoms with Gasteiger partial charge in [-0.15, -0.1) is 5.10 Å². The summed E-state index contributed by atoms with van der Waals surface area (Å²) in [4.78, 5) is 0. The van der Waals surface area contributed by atoms with Gasteiger partial charge < -0.3 is 5.73 Å². The van der Waals surface area contributed by atoms with Crippen molar-refractivity contribution in [2.45, 2.75) is 13.5 Å². The normalized spacial score (nSPS) is 12.5. The van der Waals surface area contributed by atoms with Gasteiger partial charge >= 0.3 is 0 Å². The van der Waals surface area contributed by atoms with Crippen LogP contribution in [0.25, 0.3) is 11.4 Å². The molecular weight excluding hydrogens is 269 g/mol. The van der Waals surface area contributed by atoms with Gasteiger partial charge in [-0.3, -0.25) is 4.21 Å². The summed E-state index contributed by atoms with van der Waals surface area (Å²) >= 11 is 0. The maximum Gasteiger partial charge on any atom is 0.182 e. The van der Waals surface area contributed by atoms with Crippen LogP contribution in [0.1, 0.15) is 6.92 Å². The monoisotopic (exact) mass is 283 g/mol. The fraction of sp³-hybridized carbons (Fsp3) is 0.364. The average Bonchev–Trinajstić information content (AvgIpc) is 2.87. The van der Waals surface area contributed by atoms with E-state index >= 15 is 0 Å². The molecule has 0 aliphatic rings. The number of tetrazole rings is 1. The number of halogens is 1. The highest BCUT2D eigenvalue weighted by Crippen LogP contribution is 2.20. The van der Waals surface area contributed by atoms with Gasteiger partial charge in [0.1, 0.15) is 5.82 Å². The van der Waals surface area contributed by atoms with Crippen molar-refractivity contribution in [1.82, 2.24) is 20.2 Å². The molecule has 2 rings (SSSR count). The number of hydrogen-bond donors (Lipinski definition) is 1. The molecule has 0 aliphatic carbocycles. The highest BCUT2D eigenvalue weighted by molar-refractivity contribution is 7.84. The summed E-state index contributed by atoms with van der Waals surface area (Å²) in [5.41, 5.74) is 6.20. The van der Waals surface area contributed by atoms with Gasteiger partial charge in [-0.05, 0) is 28.6 Å². The van der Waals surface area contributed by atoms with E-state index in [-0.39, 0.29) is 5.69 Å². The summed E-state index contributed by atoms with van der Waals surface area (Å²) in [6.07, 6.45) is 0. The summed E-state index contributed by atoms with van der Waals surface area (Å²) in [6.45, 7) is 2.30. The molecule has 2 N–H and O–H groups in total. The molecule has 0 radical (unpaired) electrons. The number of nitrogen functional groups attached to an aromatic ring is 1. The molecular formula is C11H14FN5OS. The number of nitrogens with two attached hydrogens (primary N) is 1. The third-order valence-corrected chi connectivity index (χ3v) is 3.92. The first-order valence-electron chi connectivity index (χ1n) is 5.78. The molecule has 8 heteroatoms. The van der Waals surface area contributed by atoms with Crippen molar-refractivity contribution in [3.8, 4) is 11.4 Å². The Balaban J connectivity index is 2.23. The third-order valence-electron chi connectivity index (χ3n) is 2.64. The summed E-state index contributed by atoms with van der Waals surface area (Å²) in [5.74, 6) is 1.08. The van der Waals surface area contributed by atoms with Gasteiger partial charge in [0.25, 0.3) is 0 Å². The van der Waals surface area contributed by atoms with E-state index in [4.69, 9.17) is 5.73 Å². The van der Waals surface area contributed by atoms with Crippen LogP contribution < -0.4 is 5.73 Å². The van der Waals surface area contributed by atoms with Crippen molar-refractivity contribution in [3.63, 3.8) is 0 Å². The highest BCUT2D eigenvalue weighted by atomic mass is 32.2. The van der Waals surface area contributed by atoms with E-state index in [1.807, 2.05) is 6.92 Å². The Kier molecular flexibility index (Phi) is 4.20. The summed E-state index contributed by atoms with van der Waals surface area (Å²) in [7, 11) is -0.885. The molecule has 0 amide bonds. The van der Waals surface area contributed by atoms with Crippen LogP contribution in [0.3, 0.4) is 0 Å². The topological polar surface area (TPSA) is 86.7 Å². The quantitative estimate of drug-likeness (QED) is 0.821. The van der Waals surface area contributed by atoms with E-state index in [2.05, 4.69) is 15.5 Å². The molecule has 6 nitrogen and oxygen atoms in total. The molecule has 0 spiro atoms. The van der Waals surface area contributed by atoms with Crippen LogP contribution in [0, 0.1) is 5.82 Å². The fourth-order valence-electron chi connectivity index (χ4n) is 1.58. The number of benzene rings is 1. The first kappa shape index (κ1) is 13.6. The number of rotatable bonds is 5. The van der Waals surface area contributed by atoms with Crippen LogP contribution in [0.2, 0.25) is 0 Å². The molecule has 0 aliphatic heterocycles. The van der Waals surface area contributed by atoms with Gasteiger partial charge in [0, 0.05) is 27.9 Å². The summed E-state index contributed by atoms with van der Waals surface area (Å²) in [5, 5.41) is 11.3. The SMILES string of the molecule is CCS(=O)CCn1nnnc1-c1ccc(F)c(N)c1. The predicted molar refractivity (Wildman–Crippen MR) is 71.2 cm³/mol. The Morgan fingerprint density at radius 1 is 1.47 bits per heavy atom. The van der Waals surface area contributed by atoms with Crippen LogP contribution in [0.5, 0.6) is 0 Å². The summed E-state index contributed by atoms with van der Waals surface area (Å²) < 4.78 is 26.1. The van der Waals surface area contributed by atoms with Gasteiger partial charge in [-0.25, -0.2) is 9.07 Å². The molecule has 1 heterocycles. The second-order valence-corrected chi connectivity index (χ2v) is 5.76. The zero-order chi connectivity index (χ0) is 13.8. The Hall–Kier alpha value is -1.83. The number of aromatic nitrogens is 4. The molecule has 102 valence electrons. The van der Waals surface area contributed by atoms with E-state index in [1.165, 1.54) is 12.1 Å². The van der Waals surface area contributed by atoms with Gasteiger partial charge in [0.2, 0.25) is 0 Å². The second kappa shape index (κ2) is 5.87. The van der Waals surface area contributed by atoms with E-state index in [9.17, 15) is 8.60 Å². The van der Waals surface area contributed by atoms with Crippen LogP contribution >= 0.6 is 0 Å². The average molecular weight is 283 g/mol. The largest absolute Gasteiger partial charge is 0.396 e. The molecule has 1 atom stereocenters. The Morgan fingerprint density at radius 3 is 2.95 bits per heavy atom. The van der Waals surface area contributed by atoms with Crippen molar-refractivity contribution >= 4 is 16.5 Å². The van der Waals surface area contributed by atoms with E-state index in [1.54, 1.807) is 10.7 Å². The van der Waals surface area contributed by atoms with Crippen LogP contribution in [-0.4, -0.2) is 35.9 Å². The molecule has 0 saturated carbocycles. The van der Waals surface area contributed by atoms with Crippen molar-refractivity contribution in [2.24, 2.45) is 0 Å². The maximum absolute atomic E-state index is 13.1. The lowest BCUT2D eigenvalue weighted by atomic mass is 10.2. The summed E-state index contributed by atoms with van der Waals surface area (Å²) in [6, 6.07) is 4.31. The highest BCUT2D eigenvalue weighted by Gasteiger charge is 2.11. The number of aryl methyl sites for hydroxylation is 1. The van der Waals surface area contributed by atoms with E-state index in [0.29, 0.717) is 29.4 Å². The zero-order valence-corrected chi connectivity index (χ0v) is 11.2. The standard InChI is InChI=1S/C11H14FN5OS/c1-2-19(18)6-5-17-11(14-15-16-17)8-3-4-9(12)10(13)7-8/h3-4,7H,2,5-6,13H2,1H3. The van der Waals surface area contributed by atoms with Crippen molar-refractivity contribution in [2.75, 3.05) is 17.2 Å². The number of nitrogens with zero attached hydrogens (tertiary/aromatic N) is 4. The maximum atomic E-state index is 13.1. The smallest absolute Gasteiger partial charge is 0.182 e. The third kappa shape index (κ3) is 3.14. The molecule has 1 aromatic heterocycles. The predicted octanol–water partition coefficient (Wildman–Crippen LogP) is 0.830. The molecule has 1 aromatic carbocycles. The van der Waals surface area contributed by atoms with Crippen LogP contribution in [0.15, 0.2) is 18.2 Å². The minimum atomic E-state index is -0.885. The molecule has 0 saturated heterocycles. The van der Waals surface area contributed by atoms with Crippen LogP contribution in [0.4, 0.5) is 10.1 Å².